The van der Waals surface area contributed by atoms with E-state index in [1.807, 2.05) is 29.8 Å². The SMILES string of the molecule is Cc1nccn1-c1ccc(CNC(=O)C2C3CCC(C3)C2N)cn1.Cl.Cl. The highest BCUT2D eigenvalue weighted by atomic mass is 35.5. The molecule has 0 saturated heterocycles. The van der Waals surface area contributed by atoms with Crippen molar-refractivity contribution < 1.29 is 4.79 Å². The highest BCUT2D eigenvalue weighted by Gasteiger charge is 2.48. The Balaban J connectivity index is 0.00000121. The Morgan fingerprint density at radius 1 is 1.27 bits per heavy atom. The molecule has 6 nitrogen and oxygen atoms in total. The maximum atomic E-state index is 12.5. The van der Waals surface area contributed by atoms with E-state index in [0.717, 1.165) is 30.0 Å². The number of nitrogens with two attached hydrogens (primary N) is 1. The Labute approximate surface area is 165 Å². The minimum absolute atomic E-state index is 0. The van der Waals surface area contributed by atoms with E-state index in [9.17, 15) is 4.79 Å². The molecule has 2 saturated carbocycles. The van der Waals surface area contributed by atoms with E-state index >= 15 is 0 Å². The van der Waals surface area contributed by atoms with Crippen LogP contribution in [0.2, 0.25) is 0 Å². The van der Waals surface area contributed by atoms with Crippen LogP contribution in [-0.2, 0) is 11.3 Å². The van der Waals surface area contributed by atoms with Crippen LogP contribution in [0.1, 0.15) is 30.7 Å². The smallest absolute Gasteiger partial charge is 0.225 e. The Morgan fingerprint density at radius 2 is 2.04 bits per heavy atom. The van der Waals surface area contributed by atoms with Gasteiger partial charge in [-0.1, -0.05) is 6.07 Å². The van der Waals surface area contributed by atoms with Crippen LogP contribution in [-0.4, -0.2) is 26.5 Å². The lowest BCUT2D eigenvalue weighted by molar-refractivity contribution is -0.127. The van der Waals surface area contributed by atoms with Crippen LogP contribution in [0.25, 0.3) is 5.82 Å². The van der Waals surface area contributed by atoms with E-state index in [1.54, 1.807) is 12.4 Å². The number of aromatic nitrogens is 3. The molecular weight excluding hydrogens is 373 g/mol. The first kappa shape index (κ1) is 20.7. The van der Waals surface area contributed by atoms with Gasteiger partial charge in [-0.25, -0.2) is 9.97 Å². The summed E-state index contributed by atoms with van der Waals surface area (Å²) >= 11 is 0. The molecular formula is C18H25Cl2N5O. The Hall–Kier alpha value is -1.63. The number of nitrogens with zero attached hydrogens (tertiary/aromatic N) is 3. The molecule has 2 aliphatic rings. The van der Waals surface area contributed by atoms with Gasteiger partial charge in [-0.15, -0.1) is 24.8 Å². The lowest BCUT2D eigenvalue weighted by Gasteiger charge is -2.27. The fourth-order valence-electron chi connectivity index (χ4n) is 4.32. The number of pyridine rings is 1. The molecule has 2 heterocycles. The van der Waals surface area contributed by atoms with Crippen molar-refractivity contribution in [3.63, 3.8) is 0 Å². The molecule has 2 bridgehead atoms. The molecule has 1 amide bonds. The zero-order chi connectivity index (χ0) is 16.7. The van der Waals surface area contributed by atoms with Gasteiger partial charge in [-0.3, -0.25) is 9.36 Å². The first-order valence-electron chi connectivity index (χ1n) is 8.62. The van der Waals surface area contributed by atoms with Crippen LogP contribution in [0, 0.1) is 24.7 Å². The van der Waals surface area contributed by atoms with Gasteiger partial charge in [-0.05, 0) is 49.7 Å². The number of hydrogen-bond donors (Lipinski definition) is 2. The van der Waals surface area contributed by atoms with Crippen LogP contribution in [0.15, 0.2) is 30.7 Å². The summed E-state index contributed by atoms with van der Waals surface area (Å²) in [6.07, 6.45) is 8.90. The third kappa shape index (κ3) is 3.72. The van der Waals surface area contributed by atoms with Gasteiger partial charge in [0.05, 0.1) is 5.92 Å². The number of hydrogen-bond acceptors (Lipinski definition) is 4. The summed E-state index contributed by atoms with van der Waals surface area (Å²) in [6, 6.07) is 3.97. The Bertz CT molecular complexity index is 746. The molecule has 0 spiro atoms. The summed E-state index contributed by atoms with van der Waals surface area (Å²) in [5.74, 6) is 2.85. The summed E-state index contributed by atoms with van der Waals surface area (Å²) in [4.78, 5) is 21.1. The lowest BCUT2D eigenvalue weighted by Crippen LogP contribution is -2.45. The number of fused-ring (bicyclic) bond motifs is 2. The Morgan fingerprint density at radius 3 is 2.62 bits per heavy atom. The molecule has 2 fully saturated rings. The zero-order valence-electron chi connectivity index (χ0n) is 14.7. The van der Waals surface area contributed by atoms with E-state index in [-0.39, 0.29) is 42.7 Å². The van der Waals surface area contributed by atoms with Gasteiger partial charge >= 0.3 is 0 Å². The highest BCUT2D eigenvalue weighted by molar-refractivity contribution is 5.85. The number of rotatable bonds is 4. The average molecular weight is 398 g/mol. The van der Waals surface area contributed by atoms with Gasteiger partial charge < -0.3 is 11.1 Å². The molecule has 8 heteroatoms. The number of amides is 1. The minimum Gasteiger partial charge on any atom is -0.352 e. The maximum Gasteiger partial charge on any atom is 0.225 e. The standard InChI is InChI=1S/C18H23N5O.2ClH/c1-11-20-6-7-23(11)15-5-2-12(9-21-15)10-22-18(24)16-13-3-4-14(8-13)17(16)19;;/h2,5-7,9,13-14,16-17H,3-4,8,10,19H2,1H3,(H,22,24);2*1H. The predicted molar refractivity (Wildman–Crippen MR) is 105 cm³/mol. The fourth-order valence-corrected chi connectivity index (χ4v) is 4.32. The van der Waals surface area contributed by atoms with Gasteiger partial charge in [0.1, 0.15) is 11.6 Å². The molecule has 4 rings (SSSR count). The summed E-state index contributed by atoms with van der Waals surface area (Å²) in [6.45, 7) is 2.43. The van der Waals surface area contributed by atoms with Gasteiger partial charge in [0, 0.05) is 31.2 Å². The maximum absolute atomic E-state index is 12.5. The molecule has 142 valence electrons. The topological polar surface area (TPSA) is 85.8 Å². The average Bonchev–Trinajstić information content (AvgIpc) is 3.29. The van der Waals surface area contributed by atoms with E-state index in [0.29, 0.717) is 18.4 Å². The van der Waals surface area contributed by atoms with Crippen molar-refractivity contribution in [3.8, 4) is 5.82 Å². The van der Waals surface area contributed by atoms with Crippen LogP contribution >= 0.6 is 24.8 Å². The third-order valence-corrected chi connectivity index (χ3v) is 5.63. The molecule has 0 radical (unpaired) electrons. The quantitative estimate of drug-likeness (QED) is 0.828. The first-order valence-corrected chi connectivity index (χ1v) is 8.62. The molecule has 4 atom stereocenters. The molecule has 0 aromatic carbocycles. The summed E-state index contributed by atoms with van der Waals surface area (Å²) in [7, 11) is 0. The molecule has 2 aromatic heterocycles. The first-order chi connectivity index (χ1) is 11.6. The van der Waals surface area contributed by atoms with Gasteiger partial charge in [0.15, 0.2) is 0 Å². The van der Waals surface area contributed by atoms with Gasteiger partial charge in [-0.2, -0.15) is 0 Å². The molecule has 0 aliphatic heterocycles. The van der Waals surface area contributed by atoms with E-state index < -0.39 is 0 Å². The highest BCUT2D eigenvalue weighted by Crippen LogP contribution is 2.47. The van der Waals surface area contributed by atoms with Crippen molar-refractivity contribution in [2.24, 2.45) is 23.5 Å². The predicted octanol–water partition coefficient (Wildman–Crippen LogP) is 2.41. The normalized spacial score (nSPS) is 26.1. The lowest BCUT2D eigenvalue weighted by atomic mass is 9.84. The van der Waals surface area contributed by atoms with Crippen molar-refractivity contribution in [3.05, 3.63) is 42.1 Å². The van der Waals surface area contributed by atoms with Crippen molar-refractivity contribution >= 4 is 30.7 Å². The van der Waals surface area contributed by atoms with E-state index in [2.05, 4.69) is 15.3 Å². The second-order valence-electron chi connectivity index (χ2n) is 7.02. The van der Waals surface area contributed by atoms with Crippen molar-refractivity contribution in [1.29, 1.82) is 0 Å². The zero-order valence-corrected chi connectivity index (χ0v) is 16.3. The van der Waals surface area contributed by atoms with Crippen molar-refractivity contribution in [2.75, 3.05) is 0 Å². The number of carbonyl (C=O) groups is 1. The number of aryl methyl sites for hydroxylation is 1. The van der Waals surface area contributed by atoms with E-state index in [1.165, 1.54) is 6.42 Å². The van der Waals surface area contributed by atoms with E-state index in [4.69, 9.17) is 5.73 Å². The summed E-state index contributed by atoms with van der Waals surface area (Å²) in [5.41, 5.74) is 7.23. The summed E-state index contributed by atoms with van der Waals surface area (Å²) in [5, 5.41) is 3.04. The number of halogens is 2. The second-order valence-corrected chi connectivity index (χ2v) is 7.02. The second kappa shape index (κ2) is 8.37. The van der Waals surface area contributed by atoms with Crippen LogP contribution in [0.3, 0.4) is 0 Å². The number of carbonyl (C=O) groups excluding carboxylic acids is 1. The largest absolute Gasteiger partial charge is 0.352 e. The molecule has 2 aliphatic carbocycles. The Kier molecular flexibility index (Phi) is 6.66. The fraction of sp³-hybridized carbons (Fsp3) is 0.500. The van der Waals surface area contributed by atoms with Crippen molar-refractivity contribution in [1.82, 2.24) is 19.9 Å². The molecule has 4 unspecified atom stereocenters. The minimum atomic E-state index is -0.00965. The van der Waals surface area contributed by atoms with Crippen LogP contribution in [0.4, 0.5) is 0 Å². The van der Waals surface area contributed by atoms with Crippen LogP contribution in [0.5, 0.6) is 0 Å². The molecule has 2 aromatic rings. The molecule has 3 N–H and O–H groups in total. The third-order valence-electron chi connectivity index (χ3n) is 5.63. The van der Waals surface area contributed by atoms with Crippen molar-refractivity contribution in [2.45, 2.75) is 38.8 Å². The number of nitrogens with one attached hydrogen (secondary N) is 1. The van der Waals surface area contributed by atoms with Gasteiger partial charge in [0.2, 0.25) is 5.91 Å². The van der Waals surface area contributed by atoms with Crippen LogP contribution < -0.4 is 11.1 Å². The number of imidazole rings is 1. The summed E-state index contributed by atoms with van der Waals surface area (Å²) < 4.78 is 1.93. The monoisotopic (exact) mass is 397 g/mol. The molecule has 26 heavy (non-hydrogen) atoms. The van der Waals surface area contributed by atoms with Gasteiger partial charge in [0.25, 0.3) is 0 Å².